The van der Waals surface area contributed by atoms with Crippen LogP contribution in [0.1, 0.15) is 13.8 Å². The van der Waals surface area contributed by atoms with Crippen molar-refractivity contribution < 1.29 is 9.59 Å². The zero-order valence-electron chi connectivity index (χ0n) is 9.14. The molecule has 0 spiro atoms. The van der Waals surface area contributed by atoms with Crippen LogP contribution in [0.4, 0.5) is 9.59 Å². The molecule has 1 atom stereocenters. The molecule has 0 bridgehead atoms. The zero-order chi connectivity index (χ0) is 11.6. The molecule has 0 saturated carbocycles. The summed E-state index contributed by atoms with van der Waals surface area (Å²) < 4.78 is 0. The first kappa shape index (κ1) is 11.8. The Labute approximate surface area is 92.7 Å². The number of nitrogens with zero attached hydrogens (tertiary/aromatic N) is 3. The van der Waals surface area contributed by atoms with Gasteiger partial charge < -0.3 is 5.32 Å². The fourth-order valence-electron chi connectivity index (χ4n) is 1.07. The lowest BCUT2D eigenvalue weighted by Gasteiger charge is -2.35. The molecule has 6 nitrogen and oxygen atoms in total. The van der Waals surface area contributed by atoms with Crippen LogP contribution in [0.3, 0.4) is 0 Å². The Hall–Kier alpha value is -1.24. The maximum absolute atomic E-state index is 11.7. The highest BCUT2D eigenvalue weighted by Crippen LogP contribution is 2.17. The number of imide groups is 1. The summed E-state index contributed by atoms with van der Waals surface area (Å²) in [7, 11) is 1.42. The lowest BCUT2D eigenvalue weighted by atomic mass is 10.5. The Balaban J connectivity index is 2.95. The van der Waals surface area contributed by atoms with Gasteiger partial charge in [-0.25, -0.2) is 14.5 Å². The van der Waals surface area contributed by atoms with E-state index in [2.05, 4.69) is 10.4 Å². The molecule has 0 aromatic carbocycles. The van der Waals surface area contributed by atoms with Crippen molar-refractivity contribution in [3.8, 4) is 0 Å². The van der Waals surface area contributed by atoms with Crippen LogP contribution in [-0.2, 0) is 0 Å². The first-order valence-corrected chi connectivity index (χ1v) is 5.68. The fraction of sp³-hybridized carbons (Fsp3) is 0.625. The second kappa shape index (κ2) is 4.52. The number of rotatable bonds is 2. The minimum absolute atomic E-state index is 0.403. The molecule has 0 aromatic rings. The van der Waals surface area contributed by atoms with Crippen LogP contribution in [0.2, 0.25) is 0 Å². The highest BCUT2D eigenvalue weighted by Gasteiger charge is 2.35. The molecule has 0 aromatic heterocycles. The van der Waals surface area contributed by atoms with Crippen LogP contribution >= 0.6 is 11.8 Å². The lowest BCUT2D eigenvalue weighted by Crippen LogP contribution is -2.60. The maximum atomic E-state index is 11.7. The second-order valence-corrected chi connectivity index (χ2v) is 4.19. The molecular weight excluding hydrogens is 216 g/mol. The molecule has 1 saturated heterocycles. The number of urea groups is 2. The molecule has 1 aliphatic heterocycles. The molecule has 0 radical (unpaired) electrons. The zero-order valence-corrected chi connectivity index (χ0v) is 9.96. The molecule has 1 N–H and O–H groups in total. The minimum Gasteiger partial charge on any atom is -0.307 e. The Morgan fingerprint density at radius 2 is 2.07 bits per heavy atom. The van der Waals surface area contributed by atoms with Gasteiger partial charge >= 0.3 is 12.1 Å². The molecule has 1 fully saturated rings. The summed E-state index contributed by atoms with van der Waals surface area (Å²) in [6.45, 7) is 3.59. The van der Waals surface area contributed by atoms with Crippen molar-refractivity contribution in [1.82, 2.24) is 15.2 Å². The topological polar surface area (TPSA) is 65.0 Å². The smallest absolute Gasteiger partial charge is 0.307 e. The van der Waals surface area contributed by atoms with Gasteiger partial charge in [0.2, 0.25) is 0 Å². The third kappa shape index (κ3) is 2.41. The Morgan fingerprint density at radius 1 is 1.47 bits per heavy atom. The molecule has 15 heavy (non-hydrogen) atoms. The average molecular weight is 230 g/mol. The number of carbonyl (C=O) groups excluding carboxylic acids is 2. The number of thioether (sulfide) groups is 1. The van der Waals surface area contributed by atoms with Crippen molar-refractivity contribution in [2.24, 2.45) is 5.10 Å². The number of hydrogen-bond acceptors (Lipinski definition) is 4. The third-order valence-electron chi connectivity index (χ3n) is 1.79. The fourth-order valence-corrected chi connectivity index (χ4v) is 1.63. The number of amides is 4. The SMILES string of the molecule is CSC1NC(=O)N(C)C(=O)N1N=C(C)C. The molecule has 7 heteroatoms. The molecule has 1 rings (SSSR count). The summed E-state index contributed by atoms with van der Waals surface area (Å²) in [5, 5.41) is 7.99. The summed E-state index contributed by atoms with van der Waals surface area (Å²) in [6, 6.07) is -0.821. The summed E-state index contributed by atoms with van der Waals surface area (Å²) in [6.07, 6.45) is 1.80. The van der Waals surface area contributed by atoms with Gasteiger partial charge in [0.15, 0.2) is 5.50 Å². The van der Waals surface area contributed by atoms with E-state index in [1.54, 1.807) is 20.1 Å². The molecule has 4 amide bonds. The van der Waals surface area contributed by atoms with E-state index in [1.807, 2.05) is 0 Å². The van der Waals surface area contributed by atoms with E-state index >= 15 is 0 Å². The van der Waals surface area contributed by atoms with Crippen LogP contribution in [0.5, 0.6) is 0 Å². The van der Waals surface area contributed by atoms with Gasteiger partial charge in [0.05, 0.1) is 0 Å². The number of nitrogens with one attached hydrogen (secondary N) is 1. The van der Waals surface area contributed by atoms with E-state index < -0.39 is 17.6 Å². The second-order valence-electron chi connectivity index (χ2n) is 3.27. The van der Waals surface area contributed by atoms with E-state index in [-0.39, 0.29) is 0 Å². The molecule has 1 aliphatic rings. The minimum atomic E-state index is -0.434. The Kier molecular flexibility index (Phi) is 3.57. The lowest BCUT2D eigenvalue weighted by molar-refractivity contribution is 0.134. The van der Waals surface area contributed by atoms with Gasteiger partial charge in [-0.1, -0.05) is 0 Å². The van der Waals surface area contributed by atoms with Gasteiger partial charge in [-0.05, 0) is 20.1 Å². The van der Waals surface area contributed by atoms with Crippen LogP contribution in [0.15, 0.2) is 5.10 Å². The van der Waals surface area contributed by atoms with Crippen molar-refractivity contribution in [2.45, 2.75) is 19.3 Å². The van der Waals surface area contributed by atoms with E-state index in [0.29, 0.717) is 0 Å². The number of hydrogen-bond donors (Lipinski definition) is 1. The van der Waals surface area contributed by atoms with Crippen LogP contribution in [0.25, 0.3) is 0 Å². The summed E-state index contributed by atoms with van der Waals surface area (Å²) in [5.41, 5.74) is 0.322. The van der Waals surface area contributed by atoms with Crippen molar-refractivity contribution in [2.75, 3.05) is 13.3 Å². The molecule has 84 valence electrons. The summed E-state index contributed by atoms with van der Waals surface area (Å²) >= 11 is 1.34. The Bertz CT molecular complexity index is 314. The first-order chi connectivity index (χ1) is 6.97. The highest BCUT2D eigenvalue weighted by atomic mass is 32.2. The number of hydrazone groups is 1. The van der Waals surface area contributed by atoms with Crippen LogP contribution in [-0.4, -0.2) is 46.5 Å². The molecule has 1 unspecified atom stereocenters. The monoisotopic (exact) mass is 230 g/mol. The van der Waals surface area contributed by atoms with Gasteiger partial charge in [-0.3, -0.25) is 0 Å². The van der Waals surface area contributed by atoms with Crippen LogP contribution in [0, 0.1) is 0 Å². The van der Waals surface area contributed by atoms with Gasteiger partial charge in [0.1, 0.15) is 0 Å². The van der Waals surface area contributed by atoms with Gasteiger partial charge in [-0.15, -0.1) is 11.8 Å². The van der Waals surface area contributed by atoms with Crippen LogP contribution < -0.4 is 5.32 Å². The molecule has 0 aliphatic carbocycles. The standard InChI is InChI=1S/C8H14N4O2S/c1-5(2)10-12-7(15-4)9-6(13)11(3)8(12)14/h7H,1-4H3,(H,9,13). The summed E-state index contributed by atoms with van der Waals surface area (Å²) in [4.78, 5) is 24.0. The normalized spacial score (nSPS) is 21.5. The third-order valence-corrected chi connectivity index (χ3v) is 2.55. The van der Waals surface area contributed by atoms with Crippen molar-refractivity contribution in [3.05, 3.63) is 0 Å². The van der Waals surface area contributed by atoms with Gasteiger partial charge in [-0.2, -0.15) is 10.1 Å². The van der Waals surface area contributed by atoms with Crippen molar-refractivity contribution in [1.29, 1.82) is 0 Å². The maximum Gasteiger partial charge on any atom is 0.351 e. The highest BCUT2D eigenvalue weighted by molar-refractivity contribution is 7.99. The van der Waals surface area contributed by atoms with Crippen molar-refractivity contribution in [3.63, 3.8) is 0 Å². The quantitative estimate of drug-likeness (QED) is 0.723. The van der Waals surface area contributed by atoms with Gasteiger partial charge in [0, 0.05) is 12.8 Å². The predicted molar refractivity (Wildman–Crippen MR) is 59.6 cm³/mol. The van der Waals surface area contributed by atoms with Crippen molar-refractivity contribution >= 4 is 29.5 Å². The van der Waals surface area contributed by atoms with E-state index in [0.717, 1.165) is 10.6 Å². The first-order valence-electron chi connectivity index (χ1n) is 4.39. The Morgan fingerprint density at radius 3 is 2.53 bits per heavy atom. The summed E-state index contributed by atoms with van der Waals surface area (Å²) in [5.74, 6) is 0. The van der Waals surface area contributed by atoms with E-state index in [4.69, 9.17) is 0 Å². The average Bonchev–Trinajstić information content (AvgIpc) is 2.18. The van der Waals surface area contributed by atoms with E-state index in [1.165, 1.54) is 23.8 Å². The molecule has 1 heterocycles. The van der Waals surface area contributed by atoms with Gasteiger partial charge in [0.25, 0.3) is 0 Å². The van der Waals surface area contributed by atoms with E-state index in [9.17, 15) is 9.59 Å². The number of carbonyl (C=O) groups is 2. The predicted octanol–water partition coefficient (Wildman–Crippen LogP) is 1.11. The largest absolute Gasteiger partial charge is 0.351 e. The molecular formula is C8H14N4O2S.